The fourth-order valence-corrected chi connectivity index (χ4v) is 2.28. The zero-order chi connectivity index (χ0) is 12.1. The van der Waals surface area contributed by atoms with Crippen LogP contribution in [0.2, 0.25) is 0 Å². The minimum atomic E-state index is 0.412. The van der Waals surface area contributed by atoms with Gasteiger partial charge in [-0.15, -0.1) is 0 Å². The van der Waals surface area contributed by atoms with Gasteiger partial charge in [0.25, 0.3) is 0 Å². The van der Waals surface area contributed by atoms with E-state index >= 15 is 0 Å². The lowest BCUT2D eigenvalue weighted by molar-refractivity contribution is 0.0793. The van der Waals surface area contributed by atoms with E-state index < -0.39 is 0 Å². The Hall–Kier alpha value is -1.13. The molecule has 1 saturated heterocycles. The Morgan fingerprint density at radius 1 is 1.59 bits per heavy atom. The molecule has 1 aromatic rings. The number of hydrogen-bond donors (Lipinski definition) is 1. The van der Waals surface area contributed by atoms with Crippen molar-refractivity contribution < 1.29 is 4.74 Å². The summed E-state index contributed by atoms with van der Waals surface area (Å²) in [7, 11) is 4.04. The zero-order valence-corrected chi connectivity index (χ0v) is 10.6. The maximum Gasteiger partial charge on any atom is 0.130 e. The number of rotatable bonds is 5. The summed E-state index contributed by atoms with van der Waals surface area (Å²) in [5, 5.41) is 3.13. The first-order valence-corrected chi connectivity index (χ1v) is 6.21. The van der Waals surface area contributed by atoms with Crippen LogP contribution in [-0.4, -0.2) is 43.2 Å². The van der Waals surface area contributed by atoms with Gasteiger partial charge < -0.3 is 10.1 Å². The summed E-state index contributed by atoms with van der Waals surface area (Å²) in [6.45, 7) is 2.83. The smallest absolute Gasteiger partial charge is 0.130 e. The van der Waals surface area contributed by atoms with Crippen LogP contribution in [0.4, 0.5) is 5.82 Å². The summed E-state index contributed by atoms with van der Waals surface area (Å²) in [6.07, 6.45) is 4.62. The van der Waals surface area contributed by atoms with Gasteiger partial charge in [-0.1, -0.05) is 6.07 Å². The summed E-state index contributed by atoms with van der Waals surface area (Å²) >= 11 is 0. The second-order valence-electron chi connectivity index (χ2n) is 4.59. The van der Waals surface area contributed by atoms with E-state index in [0.29, 0.717) is 6.10 Å². The summed E-state index contributed by atoms with van der Waals surface area (Å²) in [6, 6.07) is 4.10. The molecule has 1 fully saturated rings. The summed E-state index contributed by atoms with van der Waals surface area (Å²) in [5.41, 5.74) is 1.23. The molecule has 17 heavy (non-hydrogen) atoms. The first kappa shape index (κ1) is 12.3. The lowest BCUT2D eigenvalue weighted by atomic mass is 10.2. The van der Waals surface area contributed by atoms with E-state index in [1.54, 1.807) is 0 Å². The topological polar surface area (TPSA) is 37.4 Å². The molecule has 4 nitrogen and oxygen atoms in total. The lowest BCUT2D eigenvalue weighted by Crippen LogP contribution is -2.28. The van der Waals surface area contributed by atoms with Gasteiger partial charge in [-0.05, 0) is 26.0 Å². The van der Waals surface area contributed by atoms with Gasteiger partial charge in [0, 0.05) is 38.5 Å². The maximum absolute atomic E-state index is 5.64. The molecule has 2 heterocycles. The molecule has 0 saturated carbocycles. The molecule has 0 aromatic carbocycles. The predicted molar refractivity (Wildman–Crippen MR) is 69.1 cm³/mol. The van der Waals surface area contributed by atoms with Crippen LogP contribution in [0.25, 0.3) is 0 Å². The van der Waals surface area contributed by atoms with Crippen LogP contribution in [0.15, 0.2) is 18.3 Å². The van der Waals surface area contributed by atoms with Crippen molar-refractivity contribution in [2.45, 2.75) is 25.5 Å². The fraction of sp³-hybridized carbons (Fsp3) is 0.615. The van der Waals surface area contributed by atoms with Gasteiger partial charge in [0.15, 0.2) is 0 Å². The molecule has 1 unspecified atom stereocenters. The number of ether oxygens (including phenoxy) is 1. The van der Waals surface area contributed by atoms with Crippen LogP contribution in [0.1, 0.15) is 18.4 Å². The molecular weight excluding hydrogens is 214 g/mol. The van der Waals surface area contributed by atoms with Gasteiger partial charge in [0.2, 0.25) is 0 Å². The molecule has 1 aliphatic rings. The van der Waals surface area contributed by atoms with Gasteiger partial charge in [-0.25, -0.2) is 4.98 Å². The van der Waals surface area contributed by atoms with Crippen LogP contribution in [-0.2, 0) is 11.3 Å². The Balaban J connectivity index is 1.90. The molecule has 94 valence electrons. The molecule has 1 aromatic heterocycles. The highest BCUT2D eigenvalue weighted by Gasteiger charge is 2.17. The molecule has 4 heteroatoms. The van der Waals surface area contributed by atoms with Gasteiger partial charge >= 0.3 is 0 Å². The van der Waals surface area contributed by atoms with Crippen LogP contribution < -0.4 is 5.32 Å². The van der Waals surface area contributed by atoms with Crippen molar-refractivity contribution in [2.24, 2.45) is 0 Å². The van der Waals surface area contributed by atoms with Gasteiger partial charge in [-0.2, -0.15) is 0 Å². The number of hydrogen-bond acceptors (Lipinski definition) is 4. The second-order valence-corrected chi connectivity index (χ2v) is 4.59. The number of likely N-dealkylation sites (N-methyl/N-ethyl adjacent to an activating group) is 1. The Labute approximate surface area is 103 Å². The Bertz CT molecular complexity index is 350. The fourth-order valence-electron chi connectivity index (χ4n) is 2.28. The quantitative estimate of drug-likeness (QED) is 0.843. The predicted octanol–water partition coefficient (Wildman–Crippen LogP) is 1.73. The van der Waals surface area contributed by atoms with E-state index in [2.05, 4.69) is 28.3 Å². The molecule has 0 bridgehead atoms. The molecule has 0 aliphatic carbocycles. The number of aromatic nitrogens is 1. The second kappa shape index (κ2) is 5.98. The summed E-state index contributed by atoms with van der Waals surface area (Å²) < 4.78 is 5.64. The zero-order valence-electron chi connectivity index (χ0n) is 10.6. The maximum atomic E-state index is 5.64. The number of pyridine rings is 1. The van der Waals surface area contributed by atoms with E-state index in [-0.39, 0.29) is 0 Å². The van der Waals surface area contributed by atoms with E-state index in [0.717, 1.165) is 25.5 Å². The van der Waals surface area contributed by atoms with Crippen molar-refractivity contribution in [1.82, 2.24) is 9.88 Å². The molecular formula is C13H21N3O. The van der Waals surface area contributed by atoms with Crippen LogP contribution >= 0.6 is 0 Å². The third-order valence-corrected chi connectivity index (χ3v) is 3.11. The average molecular weight is 235 g/mol. The van der Waals surface area contributed by atoms with Crippen molar-refractivity contribution in [3.8, 4) is 0 Å². The largest absolute Gasteiger partial charge is 0.377 e. The third-order valence-electron chi connectivity index (χ3n) is 3.11. The average Bonchev–Trinajstić information content (AvgIpc) is 2.82. The molecule has 0 radical (unpaired) electrons. The van der Waals surface area contributed by atoms with E-state index in [4.69, 9.17) is 4.74 Å². The van der Waals surface area contributed by atoms with Crippen molar-refractivity contribution >= 4 is 5.82 Å². The number of anilines is 1. The molecule has 1 atom stereocenters. The molecule has 0 amide bonds. The van der Waals surface area contributed by atoms with Crippen LogP contribution in [0, 0.1) is 0 Å². The van der Waals surface area contributed by atoms with Crippen molar-refractivity contribution in [1.29, 1.82) is 0 Å². The van der Waals surface area contributed by atoms with E-state index in [9.17, 15) is 0 Å². The highest BCUT2D eigenvalue weighted by atomic mass is 16.5. The molecule has 1 aliphatic heterocycles. The highest BCUT2D eigenvalue weighted by molar-refractivity contribution is 5.42. The summed E-state index contributed by atoms with van der Waals surface area (Å²) in [4.78, 5) is 6.61. The van der Waals surface area contributed by atoms with Crippen LogP contribution in [0.3, 0.4) is 0 Å². The standard InChI is InChI=1S/C13H21N3O/c1-14-13-11(5-3-7-15-13)9-16(2)10-12-6-4-8-17-12/h3,5,7,12H,4,6,8-10H2,1-2H3,(H,14,15). The molecule has 2 rings (SSSR count). The van der Waals surface area contributed by atoms with Crippen molar-refractivity contribution in [3.05, 3.63) is 23.9 Å². The Morgan fingerprint density at radius 3 is 3.18 bits per heavy atom. The normalized spacial score (nSPS) is 19.8. The van der Waals surface area contributed by atoms with Crippen LogP contribution in [0.5, 0.6) is 0 Å². The first-order valence-electron chi connectivity index (χ1n) is 6.21. The minimum Gasteiger partial charge on any atom is -0.377 e. The summed E-state index contributed by atoms with van der Waals surface area (Å²) in [5.74, 6) is 0.965. The van der Waals surface area contributed by atoms with Crippen molar-refractivity contribution in [2.75, 3.05) is 32.6 Å². The van der Waals surface area contributed by atoms with E-state index in [1.165, 1.54) is 18.4 Å². The number of nitrogens with one attached hydrogen (secondary N) is 1. The van der Waals surface area contributed by atoms with E-state index in [1.807, 2.05) is 19.3 Å². The number of nitrogens with zero attached hydrogens (tertiary/aromatic N) is 2. The monoisotopic (exact) mass is 235 g/mol. The SMILES string of the molecule is CNc1ncccc1CN(C)CC1CCCO1. The van der Waals surface area contributed by atoms with Gasteiger partial charge in [-0.3, -0.25) is 4.90 Å². The van der Waals surface area contributed by atoms with Gasteiger partial charge in [0.05, 0.1) is 6.10 Å². The molecule has 0 spiro atoms. The third kappa shape index (κ3) is 3.41. The lowest BCUT2D eigenvalue weighted by Gasteiger charge is -2.21. The highest BCUT2D eigenvalue weighted by Crippen LogP contribution is 2.16. The Kier molecular flexibility index (Phi) is 4.34. The minimum absolute atomic E-state index is 0.412. The van der Waals surface area contributed by atoms with Gasteiger partial charge in [0.1, 0.15) is 5.82 Å². The Morgan fingerprint density at radius 2 is 2.47 bits per heavy atom. The molecule has 1 N–H and O–H groups in total. The first-order chi connectivity index (χ1) is 8.29. The van der Waals surface area contributed by atoms with Crippen molar-refractivity contribution in [3.63, 3.8) is 0 Å².